The first-order valence-corrected chi connectivity index (χ1v) is 8.01. The first-order valence-electron chi connectivity index (χ1n) is 8.01. The van der Waals surface area contributed by atoms with Gasteiger partial charge in [-0.1, -0.05) is 25.0 Å². The third-order valence-electron chi connectivity index (χ3n) is 3.45. The second-order valence-electron chi connectivity index (χ2n) is 5.25. The van der Waals surface area contributed by atoms with Crippen LogP contribution < -0.4 is 20.7 Å². The van der Waals surface area contributed by atoms with Crippen LogP contribution in [0, 0.1) is 0 Å². The van der Waals surface area contributed by atoms with Crippen molar-refractivity contribution in [1.29, 1.82) is 0 Å². The quantitative estimate of drug-likeness (QED) is 0.450. The molecule has 132 valence electrons. The Morgan fingerprint density at radius 2 is 1.75 bits per heavy atom. The van der Waals surface area contributed by atoms with Crippen molar-refractivity contribution in [2.75, 3.05) is 26.0 Å². The van der Waals surface area contributed by atoms with Crippen molar-refractivity contribution in [2.45, 2.75) is 32.1 Å². The van der Waals surface area contributed by atoms with E-state index in [0.717, 1.165) is 19.3 Å². The summed E-state index contributed by atoms with van der Waals surface area (Å²) in [7, 11) is 3.00. The molecule has 7 nitrogen and oxygen atoms in total. The van der Waals surface area contributed by atoms with E-state index in [1.54, 1.807) is 19.2 Å². The van der Waals surface area contributed by atoms with E-state index in [4.69, 9.17) is 4.74 Å². The van der Waals surface area contributed by atoms with Gasteiger partial charge in [0.1, 0.15) is 5.75 Å². The molecule has 0 aromatic heterocycles. The maximum absolute atomic E-state index is 11.8. The SMILES string of the molecule is CNC(=O)C(=O)CCCCCCNC(=O)Nc1ccccc1OC. The number of anilines is 1. The molecular formula is C17H25N3O4. The van der Waals surface area contributed by atoms with E-state index in [2.05, 4.69) is 16.0 Å². The van der Waals surface area contributed by atoms with E-state index < -0.39 is 5.91 Å². The van der Waals surface area contributed by atoms with Crippen LogP contribution in [0.3, 0.4) is 0 Å². The fourth-order valence-corrected chi connectivity index (χ4v) is 2.13. The molecule has 0 bridgehead atoms. The van der Waals surface area contributed by atoms with Crippen molar-refractivity contribution in [3.05, 3.63) is 24.3 Å². The monoisotopic (exact) mass is 335 g/mol. The Bertz CT molecular complexity index is 561. The average molecular weight is 335 g/mol. The van der Waals surface area contributed by atoms with Crippen LogP contribution >= 0.6 is 0 Å². The summed E-state index contributed by atoms with van der Waals surface area (Å²) in [5, 5.41) is 7.82. The molecule has 0 aliphatic rings. The Hall–Kier alpha value is -2.57. The molecule has 0 atom stereocenters. The van der Waals surface area contributed by atoms with Gasteiger partial charge in [0.2, 0.25) is 5.78 Å². The lowest BCUT2D eigenvalue weighted by Gasteiger charge is -2.10. The summed E-state index contributed by atoms with van der Waals surface area (Å²) in [6, 6.07) is 6.90. The molecule has 1 aromatic rings. The highest BCUT2D eigenvalue weighted by atomic mass is 16.5. The van der Waals surface area contributed by atoms with E-state index >= 15 is 0 Å². The molecule has 0 saturated heterocycles. The Labute approximate surface area is 142 Å². The zero-order valence-corrected chi connectivity index (χ0v) is 14.2. The van der Waals surface area contributed by atoms with Gasteiger partial charge in [0.25, 0.3) is 5.91 Å². The second-order valence-corrected chi connectivity index (χ2v) is 5.25. The molecule has 7 heteroatoms. The van der Waals surface area contributed by atoms with E-state index in [1.807, 2.05) is 12.1 Å². The lowest BCUT2D eigenvalue weighted by molar-refractivity contribution is -0.137. The standard InChI is InChI=1S/C17H25N3O4/c1-18-16(22)14(21)10-5-3-4-8-12-19-17(23)20-13-9-6-7-11-15(13)24-2/h6-7,9,11H,3-5,8,10,12H2,1-2H3,(H,18,22)(H2,19,20,23). The fraction of sp³-hybridized carbons (Fsp3) is 0.471. The zero-order chi connectivity index (χ0) is 17.8. The number of rotatable bonds is 10. The van der Waals surface area contributed by atoms with Crippen LogP contribution in [0.1, 0.15) is 32.1 Å². The third-order valence-corrected chi connectivity index (χ3v) is 3.45. The highest BCUT2D eigenvalue weighted by Crippen LogP contribution is 2.22. The number of ether oxygens (including phenoxy) is 1. The Morgan fingerprint density at radius 3 is 2.46 bits per heavy atom. The summed E-state index contributed by atoms with van der Waals surface area (Å²) in [5.41, 5.74) is 0.616. The Kier molecular flexibility index (Phi) is 8.96. The van der Waals surface area contributed by atoms with Gasteiger partial charge in [-0.25, -0.2) is 4.79 Å². The lowest BCUT2D eigenvalue weighted by atomic mass is 10.1. The number of benzene rings is 1. The molecule has 1 rings (SSSR count). The van der Waals surface area contributed by atoms with Crippen LogP contribution in [0.25, 0.3) is 0 Å². The number of carbonyl (C=O) groups is 3. The summed E-state index contributed by atoms with van der Waals surface area (Å²) in [5.74, 6) is -0.315. The maximum Gasteiger partial charge on any atom is 0.319 e. The minimum atomic E-state index is -0.537. The number of methoxy groups -OCH3 is 1. The number of ketones is 1. The van der Waals surface area contributed by atoms with Crippen molar-refractivity contribution < 1.29 is 19.1 Å². The number of hydrogen-bond acceptors (Lipinski definition) is 4. The van der Waals surface area contributed by atoms with Gasteiger partial charge < -0.3 is 20.7 Å². The largest absolute Gasteiger partial charge is 0.495 e. The molecule has 0 aliphatic heterocycles. The van der Waals surface area contributed by atoms with Crippen molar-refractivity contribution in [1.82, 2.24) is 10.6 Å². The number of urea groups is 1. The number of hydrogen-bond donors (Lipinski definition) is 3. The van der Waals surface area contributed by atoms with E-state index in [1.165, 1.54) is 7.05 Å². The van der Waals surface area contributed by atoms with Gasteiger partial charge >= 0.3 is 6.03 Å². The third kappa shape index (κ3) is 7.13. The Balaban J connectivity index is 2.12. The summed E-state index contributed by atoms with van der Waals surface area (Å²) < 4.78 is 5.16. The first kappa shape index (κ1) is 19.5. The molecule has 0 heterocycles. The minimum Gasteiger partial charge on any atom is -0.495 e. The molecule has 0 fully saturated rings. The fourth-order valence-electron chi connectivity index (χ4n) is 2.13. The van der Waals surface area contributed by atoms with Crippen LogP contribution in [0.4, 0.5) is 10.5 Å². The molecule has 0 spiro atoms. The summed E-state index contributed by atoms with van der Waals surface area (Å²) in [6.45, 7) is 0.546. The van der Waals surface area contributed by atoms with Gasteiger partial charge in [-0.15, -0.1) is 0 Å². The summed E-state index contributed by atoms with van der Waals surface area (Å²) in [4.78, 5) is 34.1. The lowest BCUT2D eigenvalue weighted by Crippen LogP contribution is -2.29. The van der Waals surface area contributed by atoms with E-state index in [9.17, 15) is 14.4 Å². The second kappa shape index (κ2) is 11.0. The van der Waals surface area contributed by atoms with Gasteiger partial charge in [0.15, 0.2) is 0 Å². The number of unbranched alkanes of at least 4 members (excludes halogenated alkanes) is 3. The molecule has 24 heavy (non-hydrogen) atoms. The molecule has 0 saturated carbocycles. The smallest absolute Gasteiger partial charge is 0.319 e. The number of nitrogens with one attached hydrogen (secondary N) is 3. The maximum atomic E-state index is 11.8. The number of likely N-dealkylation sites (N-methyl/N-ethyl adjacent to an activating group) is 1. The van der Waals surface area contributed by atoms with E-state index in [0.29, 0.717) is 24.4 Å². The van der Waals surface area contributed by atoms with Gasteiger partial charge in [-0.3, -0.25) is 9.59 Å². The van der Waals surface area contributed by atoms with Crippen LogP contribution in [0.2, 0.25) is 0 Å². The molecular weight excluding hydrogens is 310 g/mol. The highest BCUT2D eigenvalue weighted by molar-refractivity contribution is 6.36. The van der Waals surface area contributed by atoms with Crippen molar-refractivity contribution >= 4 is 23.4 Å². The van der Waals surface area contributed by atoms with Crippen LogP contribution in [0.15, 0.2) is 24.3 Å². The van der Waals surface area contributed by atoms with Gasteiger partial charge in [-0.2, -0.15) is 0 Å². The van der Waals surface area contributed by atoms with Crippen molar-refractivity contribution in [2.24, 2.45) is 0 Å². The molecule has 3 N–H and O–H groups in total. The van der Waals surface area contributed by atoms with Gasteiger partial charge in [0, 0.05) is 20.0 Å². The zero-order valence-electron chi connectivity index (χ0n) is 14.2. The van der Waals surface area contributed by atoms with Gasteiger partial charge in [-0.05, 0) is 25.0 Å². The average Bonchev–Trinajstić information content (AvgIpc) is 2.60. The minimum absolute atomic E-state index is 0.265. The number of para-hydroxylation sites is 2. The molecule has 3 amide bonds. The predicted octanol–water partition coefficient (Wildman–Crippen LogP) is 2.08. The van der Waals surface area contributed by atoms with E-state index in [-0.39, 0.29) is 18.2 Å². The van der Waals surface area contributed by atoms with Crippen molar-refractivity contribution in [3.63, 3.8) is 0 Å². The van der Waals surface area contributed by atoms with Crippen LogP contribution in [-0.4, -0.2) is 38.4 Å². The normalized spacial score (nSPS) is 9.92. The highest BCUT2D eigenvalue weighted by Gasteiger charge is 2.10. The van der Waals surface area contributed by atoms with Gasteiger partial charge in [0.05, 0.1) is 12.8 Å². The molecule has 0 aliphatic carbocycles. The topological polar surface area (TPSA) is 96.5 Å². The Morgan fingerprint density at radius 1 is 1.04 bits per heavy atom. The number of carbonyl (C=O) groups excluding carboxylic acids is 3. The summed E-state index contributed by atoms with van der Waals surface area (Å²) in [6.07, 6.45) is 3.49. The summed E-state index contributed by atoms with van der Waals surface area (Å²) >= 11 is 0. The number of amides is 3. The first-order chi connectivity index (χ1) is 11.6. The van der Waals surface area contributed by atoms with Crippen molar-refractivity contribution in [3.8, 4) is 5.75 Å². The number of Topliss-reactive ketones (excluding diaryl/α,β-unsaturated/α-hetero) is 1. The van der Waals surface area contributed by atoms with Crippen LogP contribution in [0.5, 0.6) is 5.75 Å². The molecule has 0 radical (unpaired) electrons. The molecule has 0 unspecified atom stereocenters. The van der Waals surface area contributed by atoms with Crippen LogP contribution in [-0.2, 0) is 9.59 Å². The molecule has 1 aromatic carbocycles. The predicted molar refractivity (Wildman–Crippen MR) is 92.2 cm³/mol.